The van der Waals surface area contributed by atoms with Crippen molar-refractivity contribution in [2.45, 2.75) is 12.5 Å². The molecule has 0 fully saturated rings. The first-order valence-corrected chi connectivity index (χ1v) is 8.18. The Labute approximate surface area is 135 Å². The molecular formula is C15H23N5OS. The molecule has 0 unspecified atom stereocenters. The van der Waals surface area contributed by atoms with Crippen LogP contribution >= 0.6 is 11.3 Å². The topological polar surface area (TPSA) is 62.2 Å². The standard InChI is InChI=1S/C15H23N5OS/c1-19(2)14(13-5-7-22-11-13)9-17-15(21)16-6-4-12-8-18-20(3)10-12/h5,7-8,10-11,14H,4,6,9H2,1-3H3,(H2,16,17,21)/t14-/m1/s1. The Hall–Kier alpha value is -1.86. The van der Waals surface area contributed by atoms with E-state index in [4.69, 9.17) is 0 Å². The molecule has 0 bridgehead atoms. The number of hydrogen-bond acceptors (Lipinski definition) is 4. The number of hydrogen-bond donors (Lipinski definition) is 2. The number of aryl methyl sites for hydroxylation is 1. The van der Waals surface area contributed by atoms with E-state index in [9.17, 15) is 4.79 Å². The highest BCUT2D eigenvalue weighted by Crippen LogP contribution is 2.19. The van der Waals surface area contributed by atoms with Gasteiger partial charge in [-0.3, -0.25) is 4.68 Å². The van der Waals surface area contributed by atoms with E-state index in [-0.39, 0.29) is 12.1 Å². The second-order valence-corrected chi connectivity index (χ2v) is 6.23. The van der Waals surface area contributed by atoms with Gasteiger partial charge in [-0.05, 0) is 48.5 Å². The van der Waals surface area contributed by atoms with Crippen molar-refractivity contribution in [1.29, 1.82) is 0 Å². The van der Waals surface area contributed by atoms with Crippen LogP contribution in [0.4, 0.5) is 4.79 Å². The maximum Gasteiger partial charge on any atom is 0.314 e. The summed E-state index contributed by atoms with van der Waals surface area (Å²) in [7, 11) is 5.92. The van der Waals surface area contributed by atoms with Crippen molar-refractivity contribution < 1.29 is 4.79 Å². The first-order chi connectivity index (χ1) is 10.6. The number of amides is 2. The second kappa shape index (κ2) is 7.95. The van der Waals surface area contributed by atoms with Crippen LogP contribution < -0.4 is 10.6 Å². The van der Waals surface area contributed by atoms with Crippen LogP contribution in [0.25, 0.3) is 0 Å². The van der Waals surface area contributed by atoms with E-state index in [2.05, 4.69) is 37.5 Å². The number of rotatable bonds is 7. The zero-order valence-corrected chi connectivity index (χ0v) is 14.1. The number of nitrogens with one attached hydrogen (secondary N) is 2. The molecule has 0 saturated carbocycles. The van der Waals surface area contributed by atoms with Gasteiger partial charge in [0, 0.05) is 26.3 Å². The summed E-state index contributed by atoms with van der Waals surface area (Å²) in [4.78, 5) is 14.0. The minimum absolute atomic E-state index is 0.133. The molecule has 2 aromatic rings. The Morgan fingerprint density at radius 3 is 2.86 bits per heavy atom. The number of thiophene rings is 1. The van der Waals surface area contributed by atoms with Crippen LogP contribution in [0.2, 0.25) is 0 Å². The average molecular weight is 321 g/mol. The maximum atomic E-state index is 11.9. The molecule has 0 spiro atoms. The van der Waals surface area contributed by atoms with Gasteiger partial charge in [-0.2, -0.15) is 16.4 Å². The fraction of sp³-hybridized carbons (Fsp3) is 0.467. The van der Waals surface area contributed by atoms with Gasteiger partial charge in [0.1, 0.15) is 0 Å². The third-order valence-corrected chi connectivity index (χ3v) is 4.17. The van der Waals surface area contributed by atoms with Crippen molar-refractivity contribution in [1.82, 2.24) is 25.3 Å². The van der Waals surface area contributed by atoms with Crippen molar-refractivity contribution in [3.8, 4) is 0 Å². The third-order valence-electron chi connectivity index (χ3n) is 3.46. The molecule has 2 rings (SSSR count). The molecule has 22 heavy (non-hydrogen) atoms. The molecule has 0 aromatic carbocycles. The van der Waals surface area contributed by atoms with Crippen molar-refractivity contribution in [2.75, 3.05) is 27.2 Å². The van der Waals surface area contributed by atoms with E-state index < -0.39 is 0 Å². The van der Waals surface area contributed by atoms with Crippen molar-refractivity contribution in [2.24, 2.45) is 7.05 Å². The van der Waals surface area contributed by atoms with E-state index in [1.54, 1.807) is 16.0 Å². The molecule has 0 saturated heterocycles. The molecule has 2 amide bonds. The van der Waals surface area contributed by atoms with Crippen LogP contribution in [0.3, 0.4) is 0 Å². The van der Waals surface area contributed by atoms with E-state index in [0.717, 1.165) is 12.0 Å². The zero-order valence-electron chi connectivity index (χ0n) is 13.2. The summed E-state index contributed by atoms with van der Waals surface area (Å²) in [6.45, 7) is 1.19. The van der Waals surface area contributed by atoms with Gasteiger partial charge < -0.3 is 15.5 Å². The quantitative estimate of drug-likeness (QED) is 0.815. The van der Waals surface area contributed by atoms with Crippen LogP contribution in [0.15, 0.2) is 29.2 Å². The predicted octanol–water partition coefficient (Wildman–Crippen LogP) is 1.63. The summed E-state index contributed by atoms with van der Waals surface area (Å²) in [6.07, 6.45) is 4.55. The molecule has 0 aliphatic rings. The average Bonchev–Trinajstić information content (AvgIpc) is 3.11. The van der Waals surface area contributed by atoms with Gasteiger partial charge >= 0.3 is 6.03 Å². The monoisotopic (exact) mass is 321 g/mol. The number of likely N-dealkylation sites (N-methyl/N-ethyl adjacent to an activating group) is 1. The van der Waals surface area contributed by atoms with E-state index >= 15 is 0 Å². The van der Waals surface area contributed by atoms with Gasteiger partial charge in [0.25, 0.3) is 0 Å². The highest BCUT2D eigenvalue weighted by Gasteiger charge is 2.15. The Morgan fingerprint density at radius 1 is 1.45 bits per heavy atom. The molecule has 1 atom stereocenters. The summed E-state index contributed by atoms with van der Waals surface area (Å²) in [5.41, 5.74) is 2.35. The minimum atomic E-state index is -0.133. The molecule has 120 valence electrons. The predicted molar refractivity (Wildman–Crippen MR) is 89.1 cm³/mol. The Kier molecular flexibility index (Phi) is 5.97. The first-order valence-electron chi connectivity index (χ1n) is 7.24. The van der Waals surface area contributed by atoms with E-state index in [1.165, 1.54) is 5.56 Å². The number of aromatic nitrogens is 2. The smallest absolute Gasteiger partial charge is 0.314 e. The van der Waals surface area contributed by atoms with Crippen LogP contribution in [-0.4, -0.2) is 47.9 Å². The number of carbonyl (C=O) groups is 1. The Bertz CT molecular complexity index is 579. The summed E-state index contributed by atoms with van der Waals surface area (Å²) in [6, 6.07) is 2.15. The largest absolute Gasteiger partial charge is 0.338 e. The lowest BCUT2D eigenvalue weighted by Crippen LogP contribution is -2.41. The van der Waals surface area contributed by atoms with Gasteiger partial charge in [0.2, 0.25) is 0 Å². The van der Waals surface area contributed by atoms with Crippen LogP contribution in [0.1, 0.15) is 17.2 Å². The van der Waals surface area contributed by atoms with Gasteiger partial charge in [-0.15, -0.1) is 0 Å². The van der Waals surface area contributed by atoms with Crippen LogP contribution in [0, 0.1) is 0 Å². The fourth-order valence-electron chi connectivity index (χ4n) is 2.24. The normalized spacial score (nSPS) is 12.4. The summed E-state index contributed by atoms with van der Waals surface area (Å²) in [5.74, 6) is 0. The Balaban J connectivity index is 1.72. The molecular weight excluding hydrogens is 298 g/mol. The lowest BCUT2D eigenvalue weighted by molar-refractivity contribution is 0.233. The lowest BCUT2D eigenvalue weighted by atomic mass is 10.1. The van der Waals surface area contributed by atoms with Gasteiger partial charge in [-0.25, -0.2) is 4.79 Å². The van der Waals surface area contributed by atoms with Crippen molar-refractivity contribution in [3.63, 3.8) is 0 Å². The van der Waals surface area contributed by atoms with Crippen LogP contribution in [-0.2, 0) is 13.5 Å². The lowest BCUT2D eigenvalue weighted by Gasteiger charge is -2.24. The number of urea groups is 1. The highest BCUT2D eigenvalue weighted by molar-refractivity contribution is 7.07. The molecule has 7 heteroatoms. The van der Waals surface area contributed by atoms with Crippen molar-refractivity contribution >= 4 is 17.4 Å². The SMILES string of the molecule is CN(C)[C@H](CNC(=O)NCCc1cnn(C)c1)c1ccsc1. The molecule has 2 heterocycles. The second-order valence-electron chi connectivity index (χ2n) is 5.45. The molecule has 2 N–H and O–H groups in total. The maximum absolute atomic E-state index is 11.9. The molecule has 0 radical (unpaired) electrons. The Morgan fingerprint density at radius 2 is 2.27 bits per heavy atom. The van der Waals surface area contributed by atoms with E-state index in [1.807, 2.05) is 33.5 Å². The molecule has 0 aliphatic carbocycles. The molecule has 6 nitrogen and oxygen atoms in total. The van der Waals surface area contributed by atoms with E-state index in [0.29, 0.717) is 13.1 Å². The highest BCUT2D eigenvalue weighted by atomic mass is 32.1. The zero-order chi connectivity index (χ0) is 15.9. The van der Waals surface area contributed by atoms with Crippen molar-refractivity contribution in [3.05, 3.63) is 40.3 Å². The van der Waals surface area contributed by atoms with Gasteiger partial charge in [-0.1, -0.05) is 0 Å². The fourth-order valence-corrected chi connectivity index (χ4v) is 2.94. The first kappa shape index (κ1) is 16.5. The third kappa shape index (κ3) is 4.85. The number of nitrogens with zero attached hydrogens (tertiary/aromatic N) is 3. The van der Waals surface area contributed by atoms with Crippen LogP contribution in [0.5, 0.6) is 0 Å². The summed E-state index contributed by atoms with van der Waals surface area (Å²) in [5, 5.41) is 14.1. The summed E-state index contributed by atoms with van der Waals surface area (Å²) < 4.78 is 1.76. The number of carbonyl (C=O) groups excluding carboxylic acids is 1. The summed E-state index contributed by atoms with van der Waals surface area (Å²) >= 11 is 1.67. The minimum Gasteiger partial charge on any atom is -0.338 e. The van der Waals surface area contributed by atoms with Gasteiger partial charge in [0.05, 0.1) is 12.2 Å². The molecule has 0 aliphatic heterocycles. The van der Waals surface area contributed by atoms with Gasteiger partial charge in [0.15, 0.2) is 0 Å². The molecule has 2 aromatic heterocycles.